The highest BCUT2D eigenvalue weighted by atomic mass is 35.5. The third kappa shape index (κ3) is 7.22. The monoisotopic (exact) mass is 557 g/mol. The number of ether oxygens (including phenoxy) is 1. The Morgan fingerprint density at radius 2 is 1.84 bits per heavy atom. The molecule has 10 heteroatoms. The van der Waals surface area contributed by atoms with Crippen LogP contribution in [0.25, 0.3) is 0 Å². The summed E-state index contributed by atoms with van der Waals surface area (Å²) in [5, 5.41) is 3.84. The topological polar surface area (TPSA) is 68.4 Å². The Kier molecular flexibility index (Phi) is 9.96. The molecule has 1 unspecified atom stereocenters. The summed E-state index contributed by atoms with van der Waals surface area (Å²) in [7, 11) is 2.14. The average molecular weight is 558 g/mol. The Morgan fingerprint density at radius 3 is 2.53 bits per heavy atom. The summed E-state index contributed by atoms with van der Waals surface area (Å²) < 4.78 is 5.61. The van der Waals surface area contributed by atoms with Crippen LogP contribution in [0.15, 0.2) is 48.5 Å². The van der Waals surface area contributed by atoms with E-state index in [1.54, 1.807) is 30.3 Å². The van der Waals surface area contributed by atoms with Gasteiger partial charge in [0.2, 0.25) is 5.91 Å². The maximum atomic E-state index is 13.6. The van der Waals surface area contributed by atoms with Gasteiger partial charge in [0.15, 0.2) is 5.11 Å². The molecule has 2 fully saturated rings. The summed E-state index contributed by atoms with van der Waals surface area (Å²) in [4.78, 5) is 34.8. The van der Waals surface area contributed by atoms with Gasteiger partial charge in [-0.1, -0.05) is 24.6 Å². The third-order valence-electron chi connectivity index (χ3n) is 6.84. The fourth-order valence-electron chi connectivity index (χ4n) is 4.72. The van der Waals surface area contributed by atoms with Crippen molar-refractivity contribution in [2.24, 2.45) is 0 Å². The fraction of sp³-hybridized carbons (Fsp3) is 0.464. The SMILES string of the molecule is CCCOc1ccc(NC(=O)CC2C(=O)N(c3cccc(Cl)c3)C(=S)N2CCCN2CCN(C)CC2)cc1. The molecule has 38 heavy (non-hydrogen) atoms. The summed E-state index contributed by atoms with van der Waals surface area (Å²) >= 11 is 12.0. The molecule has 0 aliphatic carbocycles. The number of thiocarbonyl (C=S) groups is 1. The number of rotatable bonds is 11. The van der Waals surface area contributed by atoms with Crippen LogP contribution in [0, 0.1) is 0 Å². The Morgan fingerprint density at radius 1 is 1.11 bits per heavy atom. The lowest BCUT2D eigenvalue weighted by Crippen LogP contribution is -2.45. The van der Waals surface area contributed by atoms with Gasteiger partial charge in [-0.15, -0.1) is 0 Å². The molecule has 2 aromatic rings. The zero-order valence-corrected chi connectivity index (χ0v) is 23.6. The zero-order valence-electron chi connectivity index (χ0n) is 22.1. The Hall–Kier alpha value is -2.72. The van der Waals surface area contributed by atoms with Gasteiger partial charge >= 0.3 is 0 Å². The summed E-state index contributed by atoms with van der Waals surface area (Å²) in [6.45, 7) is 8.37. The predicted molar refractivity (Wildman–Crippen MR) is 156 cm³/mol. The van der Waals surface area contributed by atoms with E-state index in [1.165, 1.54) is 4.90 Å². The molecule has 0 radical (unpaired) electrons. The Bertz CT molecular complexity index is 1120. The van der Waals surface area contributed by atoms with Crippen molar-refractivity contribution < 1.29 is 14.3 Å². The van der Waals surface area contributed by atoms with Crippen LogP contribution in [0.1, 0.15) is 26.2 Å². The lowest BCUT2D eigenvalue weighted by molar-refractivity contribution is -0.124. The lowest BCUT2D eigenvalue weighted by Gasteiger charge is -2.33. The number of piperazine rings is 1. The van der Waals surface area contributed by atoms with Gasteiger partial charge in [-0.2, -0.15) is 0 Å². The van der Waals surface area contributed by atoms with Gasteiger partial charge in [-0.25, -0.2) is 0 Å². The number of hydrogen-bond donors (Lipinski definition) is 1. The molecule has 1 atom stereocenters. The number of likely N-dealkylation sites (N-methyl/N-ethyl adjacent to an activating group) is 1. The first-order valence-corrected chi connectivity index (χ1v) is 14.0. The molecule has 0 spiro atoms. The van der Waals surface area contributed by atoms with E-state index in [0.29, 0.717) is 34.7 Å². The van der Waals surface area contributed by atoms with Crippen LogP contribution < -0.4 is 15.0 Å². The summed E-state index contributed by atoms with van der Waals surface area (Å²) in [6.07, 6.45) is 1.77. The molecule has 2 saturated heterocycles. The molecule has 8 nitrogen and oxygen atoms in total. The van der Waals surface area contributed by atoms with E-state index < -0.39 is 6.04 Å². The van der Waals surface area contributed by atoms with Crippen molar-refractivity contribution in [2.75, 3.05) is 63.1 Å². The van der Waals surface area contributed by atoms with E-state index in [2.05, 4.69) is 22.2 Å². The van der Waals surface area contributed by atoms with Gasteiger partial charge in [-0.05, 0) is 81.1 Å². The van der Waals surface area contributed by atoms with Gasteiger partial charge in [0, 0.05) is 43.4 Å². The van der Waals surface area contributed by atoms with E-state index in [1.807, 2.05) is 30.0 Å². The number of nitrogens with zero attached hydrogens (tertiary/aromatic N) is 4. The standard InChI is InChI=1S/C28H36ClN5O3S/c1-3-18-37-24-10-8-22(9-11-24)30-26(35)20-25-27(36)34(23-7-4-6-21(29)19-23)28(38)33(25)13-5-12-32-16-14-31(2)15-17-32/h4,6-11,19,25H,3,5,12-18,20H2,1-2H3,(H,30,35). The van der Waals surface area contributed by atoms with Crippen LogP contribution in [-0.2, 0) is 9.59 Å². The zero-order chi connectivity index (χ0) is 27.1. The minimum Gasteiger partial charge on any atom is -0.494 e. The summed E-state index contributed by atoms with van der Waals surface area (Å²) in [5.41, 5.74) is 1.27. The lowest BCUT2D eigenvalue weighted by atomic mass is 10.1. The summed E-state index contributed by atoms with van der Waals surface area (Å²) in [5.74, 6) is 0.297. The number of hydrogen-bond acceptors (Lipinski definition) is 6. The first kappa shape index (κ1) is 28.3. The molecule has 0 saturated carbocycles. The second kappa shape index (κ2) is 13.4. The van der Waals surface area contributed by atoms with Crippen molar-refractivity contribution in [1.82, 2.24) is 14.7 Å². The van der Waals surface area contributed by atoms with Gasteiger partial charge < -0.3 is 24.8 Å². The Balaban J connectivity index is 1.43. The number of benzene rings is 2. The summed E-state index contributed by atoms with van der Waals surface area (Å²) in [6, 6.07) is 13.7. The first-order valence-electron chi connectivity index (χ1n) is 13.2. The van der Waals surface area contributed by atoms with Crippen molar-refractivity contribution in [1.29, 1.82) is 0 Å². The second-order valence-electron chi connectivity index (χ2n) is 9.77. The van der Waals surface area contributed by atoms with Gasteiger partial charge in [0.05, 0.1) is 18.7 Å². The van der Waals surface area contributed by atoms with Gasteiger partial charge in [0.25, 0.3) is 5.91 Å². The maximum Gasteiger partial charge on any atom is 0.256 e. The van der Waals surface area contributed by atoms with E-state index >= 15 is 0 Å². The quantitative estimate of drug-likeness (QED) is 0.417. The minimum atomic E-state index is -0.680. The largest absolute Gasteiger partial charge is 0.494 e. The van der Waals surface area contributed by atoms with E-state index in [9.17, 15) is 9.59 Å². The van der Waals surface area contributed by atoms with Crippen molar-refractivity contribution in [3.63, 3.8) is 0 Å². The normalized spacial score (nSPS) is 18.8. The number of carbonyl (C=O) groups excluding carboxylic acids is 2. The molecule has 2 amide bonds. The molecular formula is C28H36ClN5O3S. The number of nitrogens with one attached hydrogen (secondary N) is 1. The highest BCUT2D eigenvalue weighted by Crippen LogP contribution is 2.29. The highest BCUT2D eigenvalue weighted by molar-refractivity contribution is 7.80. The first-order chi connectivity index (χ1) is 18.4. The molecule has 2 aromatic carbocycles. The smallest absolute Gasteiger partial charge is 0.256 e. The second-order valence-corrected chi connectivity index (χ2v) is 10.6. The van der Waals surface area contributed by atoms with Crippen LogP contribution >= 0.6 is 23.8 Å². The average Bonchev–Trinajstić information content (AvgIpc) is 3.13. The molecule has 2 aliphatic rings. The predicted octanol–water partition coefficient (Wildman–Crippen LogP) is 4.10. The van der Waals surface area contributed by atoms with Gasteiger partial charge in [0.1, 0.15) is 11.8 Å². The van der Waals surface area contributed by atoms with Crippen molar-refractivity contribution in [2.45, 2.75) is 32.2 Å². The number of halogens is 1. The third-order valence-corrected chi connectivity index (χ3v) is 7.50. The van der Waals surface area contributed by atoms with Crippen LogP contribution in [0.2, 0.25) is 5.02 Å². The minimum absolute atomic E-state index is 0.00135. The highest BCUT2D eigenvalue weighted by Gasteiger charge is 2.44. The van der Waals surface area contributed by atoms with E-state index in [4.69, 9.17) is 28.6 Å². The molecule has 2 heterocycles. The van der Waals surface area contributed by atoms with Crippen LogP contribution in [-0.4, -0.2) is 90.6 Å². The molecule has 0 bridgehead atoms. The van der Waals surface area contributed by atoms with Crippen molar-refractivity contribution >= 4 is 52.1 Å². The maximum absolute atomic E-state index is 13.6. The molecule has 2 aliphatic heterocycles. The number of anilines is 2. The van der Waals surface area contributed by atoms with E-state index in [0.717, 1.165) is 51.3 Å². The number of carbonyl (C=O) groups is 2. The van der Waals surface area contributed by atoms with Crippen LogP contribution in [0.3, 0.4) is 0 Å². The number of amides is 2. The van der Waals surface area contributed by atoms with Gasteiger partial charge in [-0.3, -0.25) is 14.5 Å². The molecule has 0 aromatic heterocycles. The van der Waals surface area contributed by atoms with Crippen molar-refractivity contribution in [3.05, 3.63) is 53.6 Å². The Labute approximate surface area is 235 Å². The van der Waals surface area contributed by atoms with Crippen LogP contribution in [0.5, 0.6) is 5.75 Å². The fourth-order valence-corrected chi connectivity index (χ4v) is 5.32. The molecule has 1 N–H and O–H groups in total. The van der Waals surface area contributed by atoms with Crippen LogP contribution in [0.4, 0.5) is 11.4 Å². The van der Waals surface area contributed by atoms with Crippen molar-refractivity contribution in [3.8, 4) is 5.75 Å². The molecule has 204 valence electrons. The van der Waals surface area contributed by atoms with E-state index in [-0.39, 0.29) is 18.2 Å². The molecular weight excluding hydrogens is 522 g/mol. The molecule has 4 rings (SSSR count).